The van der Waals surface area contributed by atoms with Crippen LogP contribution in [0, 0.1) is 6.92 Å². The van der Waals surface area contributed by atoms with Crippen LogP contribution in [0.15, 0.2) is 40.8 Å². The van der Waals surface area contributed by atoms with E-state index in [1.807, 2.05) is 44.2 Å². The predicted octanol–water partition coefficient (Wildman–Crippen LogP) is 4.62. The molecule has 2 heterocycles. The summed E-state index contributed by atoms with van der Waals surface area (Å²) in [5.74, 6) is 2.43. The normalized spacial score (nSPS) is 15.7. The van der Waals surface area contributed by atoms with Crippen LogP contribution < -0.4 is 9.47 Å². The molecule has 0 saturated heterocycles. The lowest BCUT2D eigenvalue weighted by atomic mass is 9.94. The first-order chi connectivity index (χ1) is 11.5. The Morgan fingerprint density at radius 1 is 1.00 bits per heavy atom. The van der Waals surface area contributed by atoms with Crippen LogP contribution in [0.2, 0.25) is 0 Å². The van der Waals surface area contributed by atoms with Crippen LogP contribution in [0.5, 0.6) is 11.5 Å². The zero-order valence-corrected chi connectivity index (χ0v) is 14.0. The molecule has 0 amide bonds. The molecule has 0 fully saturated rings. The Balaban J connectivity index is 1.81. The van der Waals surface area contributed by atoms with E-state index in [-0.39, 0.29) is 18.8 Å². The second kappa shape index (κ2) is 5.56. The highest BCUT2D eigenvalue weighted by Gasteiger charge is 2.19. The highest BCUT2D eigenvalue weighted by Crippen LogP contribution is 2.40. The molecule has 24 heavy (non-hydrogen) atoms. The summed E-state index contributed by atoms with van der Waals surface area (Å²) >= 11 is 0. The van der Waals surface area contributed by atoms with E-state index < -0.39 is 0 Å². The maximum atomic E-state index is 9.84. The summed E-state index contributed by atoms with van der Waals surface area (Å²) in [6.07, 6.45) is -0.386. The van der Waals surface area contributed by atoms with Crippen molar-refractivity contribution in [3.8, 4) is 22.8 Å². The minimum Gasteiger partial charge on any atom is -0.456 e. The van der Waals surface area contributed by atoms with E-state index in [0.29, 0.717) is 0 Å². The molecule has 1 aliphatic rings. The number of aliphatic hydroxyl groups is 1. The lowest BCUT2D eigenvalue weighted by Gasteiger charge is -2.14. The van der Waals surface area contributed by atoms with Crippen LogP contribution in [-0.2, 0) is 0 Å². The summed E-state index contributed by atoms with van der Waals surface area (Å²) in [5, 5.41) is 10.9. The van der Waals surface area contributed by atoms with Gasteiger partial charge in [0.25, 0.3) is 0 Å². The topological polar surface area (TPSA) is 51.8 Å². The van der Waals surface area contributed by atoms with Crippen molar-refractivity contribution in [1.82, 2.24) is 0 Å². The minimum absolute atomic E-state index is 0.0812. The summed E-state index contributed by atoms with van der Waals surface area (Å²) in [6, 6.07) is 12.0. The van der Waals surface area contributed by atoms with Crippen molar-refractivity contribution < 1.29 is 19.0 Å². The Morgan fingerprint density at radius 2 is 1.79 bits per heavy atom. The molecule has 1 aromatic heterocycles. The zero-order chi connectivity index (χ0) is 16.8. The van der Waals surface area contributed by atoms with Gasteiger partial charge in [-0.2, -0.15) is 0 Å². The number of ether oxygens (including phenoxy) is 2. The van der Waals surface area contributed by atoms with Gasteiger partial charge in [0.05, 0.1) is 6.10 Å². The van der Waals surface area contributed by atoms with Gasteiger partial charge in [0.1, 0.15) is 11.3 Å². The Bertz CT molecular complexity index is 907. The first-order valence-electron chi connectivity index (χ1n) is 8.15. The van der Waals surface area contributed by atoms with E-state index in [9.17, 15) is 5.11 Å². The van der Waals surface area contributed by atoms with Gasteiger partial charge in [0.2, 0.25) is 6.79 Å². The molecule has 124 valence electrons. The predicted molar refractivity (Wildman–Crippen MR) is 92.6 cm³/mol. The van der Waals surface area contributed by atoms with Crippen LogP contribution in [0.1, 0.15) is 30.9 Å². The molecule has 1 aliphatic heterocycles. The maximum Gasteiger partial charge on any atom is 0.231 e. The molecular formula is C20H20O4. The fraction of sp³-hybridized carbons (Fsp3) is 0.300. The van der Waals surface area contributed by atoms with Crippen LogP contribution in [-0.4, -0.2) is 18.0 Å². The molecule has 3 aromatic rings. The second-order valence-electron chi connectivity index (χ2n) is 6.41. The summed E-state index contributed by atoms with van der Waals surface area (Å²) in [4.78, 5) is 0. The SMILES string of the molecule is Cc1c(-c2ccc3c(c2)OCO3)oc2ccc([C@@H](C)[C@H](C)O)cc12. The van der Waals surface area contributed by atoms with Gasteiger partial charge in [0, 0.05) is 22.4 Å². The largest absolute Gasteiger partial charge is 0.456 e. The average Bonchev–Trinajstić information content (AvgIpc) is 3.17. The zero-order valence-electron chi connectivity index (χ0n) is 14.0. The summed E-state index contributed by atoms with van der Waals surface area (Å²) in [6.45, 7) is 6.16. The van der Waals surface area contributed by atoms with Crippen molar-refractivity contribution in [2.45, 2.75) is 32.8 Å². The number of fused-ring (bicyclic) bond motifs is 2. The van der Waals surface area contributed by atoms with E-state index in [4.69, 9.17) is 13.9 Å². The Labute approximate surface area is 140 Å². The molecule has 0 bridgehead atoms. The molecule has 2 aromatic carbocycles. The lowest BCUT2D eigenvalue weighted by Crippen LogP contribution is -2.10. The van der Waals surface area contributed by atoms with Crippen LogP contribution >= 0.6 is 0 Å². The van der Waals surface area contributed by atoms with E-state index in [1.54, 1.807) is 0 Å². The first-order valence-corrected chi connectivity index (χ1v) is 8.15. The smallest absolute Gasteiger partial charge is 0.231 e. The fourth-order valence-electron chi connectivity index (χ4n) is 3.11. The van der Waals surface area contributed by atoms with E-state index in [0.717, 1.165) is 44.9 Å². The molecule has 0 radical (unpaired) electrons. The highest BCUT2D eigenvalue weighted by atomic mass is 16.7. The van der Waals surface area contributed by atoms with Gasteiger partial charge in [-0.3, -0.25) is 0 Å². The van der Waals surface area contributed by atoms with Gasteiger partial charge in [-0.15, -0.1) is 0 Å². The standard InChI is InChI=1S/C20H20O4/c1-11(13(3)21)14-4-6-17-16(8-14)12(2)20(24-17)15-5-7-18-19(9-15)23-10-22-18/h4-9,11,13,21H,10H2,1-3H3/t11-,13-/m0/s1. The number of hydrogen-bond acceptors (Lipinski definition) is 4. The third-order valence-electron chi connectivity index (χ3n) is 4.84. The quantitative estimate of drug-likeness (QED) is 0.763. The second-order valence-corrected chi connectivity index (χ2v) is 6.41. The summed E-state index contributed by atoms with van der Waals surface area (Å²) < 4.78 is 16.9. The van der Waals surface area contributed by atoms with Crippen LogP contribution in [0.3, 0.4) is 0 Å². The van der Waals surface area contributed by atoms with Gasteiger partial charge in [0.15, 0.2) is 11.5 Å². The Morgan fingerprint density at radius 3 is 2.58 bits per heavy atom. The molecule has 4 rings (SSSR count). The monoisotopic (exact) mass is 324 g/mol. The minimum atomic E-state index is -0.386. The number of rotatable bonds is 3. The molecule has 4 heteroatoms. The van der Waals surface area contributed by atoms with Gasteiger partial charge < -0.3 is 19.0 Å². The van der Waals surface area contributed by atoms with Crippen molar-refractivity contribution in [1.29, 1.82) is 0 Å². The molecular weight excluding hydrogens is 304 g/mol. The number of aliphatic hydroxyl groups excluding tert-OH is 1. The molecule has 1 N–H and O–H groups in total. The molecule has 2 atom stereocenters. The summed E-state index contributed by atoms with van der Waals surface area (Å²) in [7, 11) is 0. The van der Waals surface area contributed by atoms with Crippen LogP contribution in [0.25, 0.3) is 22.3 Å². The number of furan rings is 1. The molecule has 0 unspecified atom stereocenters. The van der Waals surface area contributed by atoms with Gasteiger partial charge in [-0.25, -0.2) is 0 Å². The average molecular weight is 324 g/mol. The van der Waals surface area contributed by atoms with Gasteiger partial charge >= 0.3 is 0 Å². The molecule has 0 aliphatic carbocycles. The van der Waals surface area contributed by atoms with Crippen molar-refractivity contribution in [2.24, 2.45) is 0 Å². The number of aryl methyl sites for hydroxylation is 1. The van der Waals surface area contributed by atoms with Crippen molar-refractivity contribution in [2.75, 3.05) is 6.79 Å². The first kappa shape index (κ1) is 15.1. The molecule has 4 nitrogen and oxygen atoms in total. The van der Waals surface area contributed by atoms with Crippen molar-refractivity contribution in [3.63, 3.8) is 0 Å². The van der Waals surface area contributed by atoms with Crippen LogP contribution in [0.4, 0.5) is 0 Å². The lowest BCUT2D eigenvalue weighted by molar-refractivity contribution is 0.169. The van der Waals surface area contributed by atoms with Crippen molar-refractivity contribution >= 4 is 11.0 Å². The Hall–Kier alpha value is -2.46. The van der Waals surface area contributed by atoms with E-state index in [2.05, 4.69) is 13.0 Å². The third kappa shape index (κ3) is 2.34. The number of hydrogen-bond donors (Lipinski definition) is 1. The molecule has 0 spiro atoms. The molecule has 0 saturated carbocycles. The summed E-state index contributed by atoms with van der Waals surface area (Å²) in [5.41, 5.74) is 4.02. The fourth-order valence-corrected chi connectivity index (χ4v) is 3.11. The van der Waals surface area contributed by atoms with E-state index >= 15 is 0 Å². The maximum absolute atomic E-state index is 9.84. The third-order valence-corrected chi connectivity index (χ3v) is 4.84. The van der Waals surface area contributed by atoms with Crippen molar-refractivity contribution in [3.05, 3.63) is 47.5 Å². The number of benzene rings is 2. The van der Waals surface area contributed by atoms with E-state index in [1.165, 1.54) is 0 Å². The highest BCUT2D eigenvalue weighted by molar-refractivity contribution is 5.88. The van der Waals surface area contributed by atoms with Gasteiger partial charge in [-0.05, 0) is 49.7 Å². The van der Waals surface area contributed by atoms with Gasteiger partial charge in [-0.1, -0.05) is 13.0 Å². The Kier molecular flexibility index (Phi) is 3.50.